The zero-order chi connectivity index (χ0) is 13.1. The molecule has 1 unspecified atom stereocenters. The first-order valence-corrected chi connectivity index (χ1v) is 7.12. The lowest BCUT2D eigenvalue weighted by atomic mass is 10.1. The maximum absolute atomic E-state index is 4.51. The van der Waals surface area contributed by atoms with Crippen molar-refractivity contribution in [2.45, 2.75) is 25.3 Å². The normalized spacial score (nSPS) is 21.2. The van der Waals surface area contributed by atoms with E-state index in [1.807, 2.05) is 12.3 Å². The molecule has 1 saturated heterocycles. The highest BCUT2D eigenvalue weighted by Gasteiger charge is 2.15. The van der Waals surface area contributed by atoms with Gasteiger partial charge in [0.25, 0.3) is 0 Å². The van der Waals surface area contributed by atoms with Gasteiger partial charge in [-0.15, -0.1) is 0 Å². The third-order valence-corrected chi connectivity index (χ3v) is 3.94. The van der Waals surface area contributed by atoms with Gasteiger partial charge in [0.05, 0.1) is 11.2 Å². The summed E-state index contributed by atoms with van der Waals surface area (Å²) in [6, 6.07) is 11.0. The molecule has 0 bridgehead atoms. The molecule has 1 aliphatic rings. The first-order valence-electron chi connectivity index (χ1n) is 7.12. The topological polar surface area (TPSA) is 28.2 Å². The number of likely N-dealkylation sites (tertiary alicyclic amines) is 1. The van der Waals surface area contributed by atoms with E-state index in [-0.39, 0.29) is 0 Å². The summed E-state index contributed by atoms with van der Waals surface area (Å²) in [5, 5.41) is 4.90. The standard InChI is InChI=1S/C16H21N3/c1-19-11-4-7-14(9-12-19)18-15-8-2-5-13-6-3-10-17-16(13)15/h2-3,5-6,8,10,14,18H,4,7,9,11-12H2,1H3. The van der Waals surface area contributed by atoms with E-state index in [2.05, 4.69) is 46.5 Å². The van der Waals surface area contributed by atoms with E-state index in [0.29, 0.717) is 6.04 Å². The van der Waals surface area contributed by atoms with Crippen LogP contribution in [-0.4, -0.2) is 36.1 Å². The van der Waals surface area contributed by atoms with E-state index in [9.17, 15) is 0 Å². The number of anilines is 1. The minimum absolute atomic E-state index is 0.567. The molecular formula is C16H21N3. The van der Waals surface area contributed by atoms with Gasteiger partial charge in [0.15, 0.2) is 0 Å². The number of pyridine rings is 1. The maximum Gasteiger partial charge on any atom is 0.0933 e. The molecule has 3 rings (SSSR count). The molecule has 2 aromatic rings. The minimum Gasteiger partial charge on any atom is -0.381 e. The summed E-state index contributed by atoms with van der Waals surface area (Å²) in [6.07, 6.45) is 5.59. The fourth-order valence-corrected chi connectivity index (χ4v) is 2.82. The van der Waals surface area contributed by atoms with E-state index in [4.69, 9.17) is 0 Å². The van der Waals surface area contributed by atoms with Crippen molar-refractivity contribution in [3.63, 3.8) is 0 Å². The summed E-state index contributed by atoms with van der Waals surface area (Å²) in [6.45, 7) is 2.39. The lowest BCUT2D eigenvalue weighted by Crippen LogP contribution is -2.23. The third kappa shape index (κ3) is 2.87. The maximum atomic E-state index is 4.51. The van der Waals surface area contributed by atoms with Crippen LogP contribution in [0.4, 0.5) is 5.69 Å². The molecule has 0 radical (unpaired) electrons. The van der Waals surface area contributed by atoms with Crippen molar-refractivity contribution in [2.24, 2.45) is 0 Å². The van der Waals surface area contributed by atoms with Crippen molar-refractivity contribution < 1.29 is 0 Å². The second kappa shape index (κ2) is 5.57. The lowest BCUT2D eigenvalue weighted by Gasteiger charge is -2.19. The summed E-state index contributed by atoms with van der Waals surface area (Å²) in [7, 11) is 2.21. The largest absolute Gasteiger partial charge is 0.381 e. The Morgan fingerprint density at radius 2 is 2.05 bits per heavy atom. The molecule has 0 saturated carbocycles. The van der Waals surface area contributed by atoms with Crippen LogP contribution >= 0.6 is 0 Å². The van der Waals surface area contributed by atoms with Gasteiger partial charge < -0.3 is 10.2 Å². The molecule has 1 fully saturated rings. The van der Waals surface area contributed by atoms with E-state index >= 15 is 0 Å². The van der Waals surface area contributed by atoms with Crippen molar-refractivity contribution in [1.29, 1.82) is 0 Å². The van der Waals surface area contributed by atoms with Crippen LogP contribution < -0.4 is 5.32 Å². The molecule has 100 valence electrons. The Bertz CT molecular complexity index is 547. The van der Waals surface area contributed by atoms with Gasteiger partial charge in [0.1, 0.15) is 0 Å². The second-order valence-electron chi connectivity index (χ2n) is 5.46. The molecule has 1 N–H and O–H groups in total. The number of hydrogen-bond donors (Lipinski definition) is 1. The molecular weight excluding hydrogens is 234 g/mol. The lowest BCUT2D eigenvalue weighted by molar-refractivity contribution is 0.348. The van der Waals surface area contributed by atoms with E-state index < -0.39 is 0 Å². The van der Waals surface area contributed by atoms with Gasteiger partial charge >= 0.3 is 0 Å². The van der Waals surface area contributed by atoms with Gasteiger partial charge in [0, 0.05) is 17.6 Å². The van der Waals surface area contributed by atoms with Crippen LogP contribution in [-0.2, 0) is 0 Å². The quantitative estimate of drug-likeness (QED) is 0.893. The fourth-order valence-electron chi connectivity index (χ4n) is 2.82. The average molecular weight is 255 g/mol. The van der Waals surface area contributed by atoms with Crippen LogP contribution in [0.2, 0.25) is 0 Å². The van der Waals surface area contributed by atoms with Crippen LogP contribution in [0.15, 0.2) is 36.5 Å². The van der Waals surface area contributed by atoms with E-state index in [1.165, 1.54) is 43.4 Å². The third-order valence-electron chi connectivity index (χ3n) is 3.94. The number of hydrogen-bond acceptors (Lipinski definition) is 3. The second-order valence-corrected chi connectivity index (χ2v) is 5.46. The van der Waals surface area contributed by atoms with Gasteiger partial charge in [0.2, 0.25) is 0 Å². The number of fused-ring (bicyclic) bond motifs is 1. The van der Waals surface area contributed by atoms with Gasteiger partial charge in [-0.3, -0.25) is 4.98 Å². The summed E-state index contributed by atoms with van der Waals surface area (Å²) >= 11 is 0. The smallest absolute Gasteiger partial charge is 0.0933 e. The Morgan fingerprint density at radius 3 is 3.00 bits per heavy atom. The molecule has 0 aliphatic carbocycles. The molecule has 1 aliphatic heterocycles. The Labute approximate surface area is 114 Å². The first kappa shape index (κ1) is 12.4. The summed E-state index contributed by atoms with van der Waals surface area (Å²) in [4.78, 5) is 6.93. The Hall–Kier alpha value is -1.61. The molecule has 0 spiro atoms. The van der Waals surface area contributed by atoms with Crippen LogP contribution in [0.3, 0.4) is 0 Å². The van der Waals surface area contributed by atoms with Gasteiger partial charge in [-0.1, -0.05) is 18.2 Å². The summed E-state index contributed by atoms with van der Waals surface area (Å²) < 4.78 is 0. The number of nitrogens with one attached hydrogen (secondary N) is 1. The molecule has 1 aromatic carbocycles. The number of rotatable bonds is 2. The predicted octanol–water partition coefficient (Wildman–Crippen LogP) is 3.13. The van der Waals surface area contributed by atoms with Crippen molar-refractivity contribution in [3.8, 4) is 0 Å². The highest BCUT2D eigenvalue weighted by molar-refractivity contribution is 5.90. The Kier molecular flexibility index (Phi) is 3.65. The molecule has 0 amide bonds. The Morgan fingerprint density at radius 1 is 1.16 bits per heavy atom. The van der Waals surface area contributed by atoms with Crippen molar-refractivity contribution in [1.82, 2.24) is 9.88 Å². The summed E-state index contributed by atoms with van der Waals surface area (Å²) in [5.74, 6) is 0. The highest BCUT2D eigenvalue weighted by Crippen LogP contribution is 2.23. The van der Waals surface area contributed by atoms with Crippen molar-refractivity contribution in [2.75, 3.05) is 25.5 Å². The van der Waals surface area contributed by atoms with Crippen molar-refractivity contribution >= 4 is 16.6 Å². The van der Waals surface area contributed by atoms with Crippen molar-refractivity contribution in [3.05, 3.63) is 36.5 Å². The van der Waals surface area contributed by atoms with Crippen LogP contribution in [0, 0.1) is 0 Å². The molecule has 3 nitrogen and oxygen atoms in total. The number of para-hydroxylation sites is 1. The highest BCUT2D eigenvalue weighted by atomic mass is 15.1. The molecule has 1 aromatic heterocycles. The molecule has 3 heteroatoms. The van der Waals surface area contributed by atoms with E-state index in [1.54, 1.807) is 0 Å². The van der Waals surface area contributed by atoms with Gasteiger partial charge in [-0.2, -0.15) is 0 Å². The molecule has 19 heavy (non-hydrogen) atoms. The predicted molar refractivity (Wildman–Crippen MR) is 80.5 cm³/mol. The first-order chi connectivity index (χ1) is 9.33. The number of benzene rings is 1. The van der Waals surface area contributed by atoms with Crippen LogP contribution in [0.5, 0.6) is 0 Å². The average Bonchev–Trinajstić information content (AvgIpc) is 2.64. The minimum atomic E-state index is 0.567. The zero-order valence-electron chi connectivity index (χ0n) is 11.5. The monoisotopic (exact) mass is 255 g/mol. The van der Waals surface area contributed by atoms with Crippen LogP contribution in [0.25, 0.3) is 10.9 Å². The number of aromatic nitrogens is 1. The Balaban J connectivity index is 1.81. The van der Waals surface area contributed by atoms with Gasteiger partial charge in [-0.25, -0.2) is 0 Å². The fraction of sp³-hybridized carbons (Fsp3) is 0.438. The van der Waals surface area contributed by atoms with Crippen LogP contribution in [0.1, 0.15) is 19.3 Å². The number of nitrogens with zero attached hydrogens (tertiary/aromatic N) is 2. The molecule has 1 atom stereocenters. The zero-order valence-corrected chi connectivity index (χ0v) is 11.5. The SMILES string of the molecule is CN1CCCC(Nc2cccc3cccnc23)CC1. The summed E-state index contributed by atoms with van der Waals surface area (Å²) in [5.41, 5.74) is 2.26. The molecule has 2 heterocycles. The van der Waals surface area contributed by atoms with E-state index in [0.717, 1.165) is 5.52 Å². The van der Waals surface area contributed by atoms with Gasteiger partial charge in [-0.05, 0) is 51.5 Å².